The molecule has 0 spiro atoms. The van der Waals surface area contributed by atoms with Gasteiger partial charge in [-0.15, -0.1) is 0 Å². The van der Waals surface area contributed by atoms with Gasteiger partial charge in [0.05, 0.1) is 6.61 Å². The van der Waals surface area contributed by atoms with Crippen LogP contribution in [0.4, 0.5) is 0 Å². The molecule has 0 aromatic heterocycles. The maximum absolute atomic E-state index is 10.3. The van der Waals surface area contributed by atoms with E-state index in [-0.39, 0.29) is 12.1 Å². The molecule has 3 N–H and O–H groups in total. The molecule has 0 unspecified atom stereocenters. The quantitative estimate of drug-likeness (QED) is 0.373. The average molecular weight is 226 g/mol. The second-order valence-electron chi connectivity index (χ2n) is 2.38. The number of esters is 1. The van der Waals surface area contributed by atoms with Gasteiger partial charge in [-0.25, -0.2) is 4.79 Å². The first kappa shape index (κ1) is 16.0. The zero-order valence-electron chi connectivity index (χ0n) is 8.73. The summed E-state index contributed by atoms with van der Waals surface area (Å²) in [6, 6.07) is 0. The molecular formula is C8H19O5P. The van der Waals surface area contributed by atoms with E-state index in [1.54, 1.807) is 19.9 Å². The van der Waals surface area contributed by atoms with E-state index >= 15 is 0 Å². The Balaban J connectivity index is 0. The third-order valence-electron chi connectivity index (χ3n) is 1.06. The second-order valence-corrected chi connectivity index (χ2v) is 4.64. The first-order valence-corrected chi connectivity index (χ1v) is 6.38. The molecule has 0 rings (SSSR count). The van der Waals surface area contributed by atoms with Crippen LogP contribution in [-0.4, -0.2) is 33.4 Å². The van der Waals surface area contributed by atoms with Crippen molar-refractivity contribution in [1.82, 2.24) is 0 Å². The standard InChI is InChI=1S/C6H10O2.C2H9O3P/c1-3-5-6(7)8-4-2;1-2-6(3,4)5/h3,5H,4H2,1-2H3;3-6H,2H2,1H3/b5-3+;. The van der Waals surface area contributed by atoms with Gasteiger partial charge in [0.1, 0.15) is 0 Å². The van der Waals surface area contributed by atoms with Crippen LogP contribution in [0.2, 0.25) is 0 Å². The number of rotatable bonds is 3. The molecule has 0 aliphatic carbocycles. The Morgan fingerprint density at radius 2 is 1.79 bits per heavy atom. The fourth-order valence-corrected chi connectivity index (χ4v) is 0.326. The van der Waals surface area contributed by atoms with Crippen molar-refractivity contribution >= 4 is 13.9 Å². The molecule has 86 valence electrons. The van der Waals surface area contributed by atoms with Gasteiger partial charge in [-0.3, -0.25) is 0 Å². The average Bonchev–Trinajstić information content (AvgIpc) is 2.05. The summed E-state index contributed by atoms with van der Waals surface area (Å²) in [4.78, 5) is 34.6. The van der Waals surface area contributed by atoms with E-state index in [0.29, 0.717) is 6.61 Å². The Morgan fingerprint density at radius 3 is 2.00 bits per heavy atom. The summed E-state index contributed by atoms with van der Waals surface area (Å²) in [5.41, 5.74) is 0. The van der Waals surface area contributed by atoms with Crippen molar-refractivity contribution in [2.24, 2.45) is 0 Å². The fraction of sp³-hybridized carbons (Fsp3) is 0.625. The van der Waals surface area contributed by atoms with Gasteiger partial charge < -0.3 is 4.74 Å². The van der Waals surface area contributed by atoms with Crippen LogP contribution in [0, 0.1) is 0 Å². The Hall–Kier alpha value is -0.480. The molecule has 0 heterocycles. The molecule has 0 atom stereocenters. The number of allylic oxidation sites excluding steroid dienone is 1. The number of carbonyl (C=O) groups excluding carboxylic acids is 1. The monoisotopic (exact) mass is 226 g/mol. The van der Waals surface area contributed by atoms with Gasteiger partial charge in [0, 0.05) is 6.08 Å². The van der Waals surface area contributed by atoms with E-state index in [4.69, 9.17) is 14.7 Å². The second kappa shape index (κ2) is 9.09. The summed E-state index contributed by atoms with van der Waals surface area (Å²) in [6.45, 7) is 5.52. The van der Waals surface area contributed by atoms with Gasteiger partial charge in [0.2, 0.25) is 0 Å². The van der Waals surface area contributed by atoms with Gasteiger partial charge in [0.25, 0.3) is 0 Å². The third kappa shape index (κ3) is 17.6. The zero-order valence-corrected chi connectivity index (χ0v) is 9.73. The van der Waals surface area contributed by atoms with Crippen LogP contribution in [0.15, 0.2) is 12.2 Å². The van der Waals surface area contributed by atoms with E-state index in [2.05, 4.69) is 4.74 Å². The molecule has 0 radical (unpaired) electrons. The summed E-state index contributed by atoms with van der Waals surface area (Å²) in [5.74, 6) is -0.269. The predicted octanol–water partition coefficient (Wildman–Crippen LogP) is 0.604. The zero-order chi connectivity index (χ0) is 11.6. The van der Waals surface area contributed by atoms with Crippen LogP contribution in [0.3, 0.4) is 0 Å². The van der Waals surface area contributed by atoms with Crippen LogP contribution in [0.1, 0.15) is 20.8 Å². The van der Waals surface area contributed by atoms with Crippen molar-refractivity contribution < 1.29 is 24.2 Å². The molecule has 6 heteroatoms. The van der Waals surface area contributed by atoms with Crippen molar-refractivity contribution in [2.75, 3.05) is 12.8 Å². The van der Waals surface area contributed by atoms with Crippen LogP contribution in [0.5, 0.6) is 0 Å². The molecule has 0 aliphatic heterocycles. The van der Waals surface area contributed by atoms with Crippen molar-refractivity contribution in [3.63, 3.8) is 0 Å². The van der Waals surface area contributed by atoms with Crippen LogP contribution < -0.4 is 0 Å². The SMILES string of the molecule is C/C=C/C(=O)OCC.CC[PH](O)(O)O. The van der Waals surface area contributed by atoms with Gasteiger partial charge in [-0.1, -0.05) is 6.08 Å². The minimum atomic E-state index is -3.63. The summed E-state index contributed by atoms with van der Waals surface area (Å²) in [6.07, 6.45) is 3.12. The predicted molar refractivity (Wildman–Crippen MR) is 57.0 cm³/mol. The molecule has 0 saturated heterocycles. The molecule has 0 aromatic rings. The van der Waals surface area contributed by atoms with Crippen molar-refractivity contribution in [3.8, 4) is 0 Å². The molecule has 0 saturated carbocycles. The Kier molecular flexibility index (Phi) is 10.4. The maximum atomic E-state index is 10.3. The first-order valence-electron chi connectivity index (χ1n) is 4.33. The molecule has 5 nitrogen and oxygen atoms in total. The van der Waals surface area contributed by atoms with Gasteiger partial charge in [-0.2, -0.15) is 0 Å². The van der Waals surface area contributed by atoms with Crippen molar-refractivity contribution in [1.29, 1.82) is 0 Å². The first-order chi connectivity index (χ1) is 6.37. The molecule has 0 amide bonds. The summed E-state index contributed by atoms with van der Waals surface area (Å²) >= 11 is 0. The van der Waals surface area contributed by atoms with E-state index in [1.807, 2.05) is 0 Å². The molecule has 0 aliphatic rings. The molecular weight excluding hydrogens is 207 g/mol. The molecule has 0 bridgehead atoms. The Bertz CT molecular complexity index is 173. The van der Waals surface area contributed by atoms with Crippen LogP contribution in [0.25, 0.3) is 0 Å². The molecule has 14 heavy (non-hydrogen) atoms. The molecule has 0 aromatic carbocycles. The number of hydrogen-bond donors (Lipinski definition) is 3. The van der Waals surface area contributed by atoms with E-state index in [0.717, 1.165) is 0 Å². The van der Waals surface area contributed by atoms with Crippen molar-refractivity contribution in [3.05, 3.63) is 12.2 Å². The number of hydrogen-bond acceptors (Lipinski definition) is 5. The van der Waals surface area contributed by atoms with Gasteiger partial charge >= 0.3 is 41.7 Å². The Morgan fingerprint density at radius 1 is 1.36 bits per heavy atom. The van der Waals surface area contributed by atoms with Gasteiger partial charge in [0.15, 0.2) is 0 Å². The summed E-state index contributed by atoms with van der Waals surface area (Å²) < 4.78 is 4.56. The Labute approximate surface area is 84.6 Å². The van der Waals surface area contributed by atoms with E-state index in [1.165, 1.54) is 13.0 Å². The van der Waals surface area contributed by atoms with Crippen LogP contribution >= 0.6 is 7.94 Å². The minimum absolute atomic E-state index is 0.0764. The number of carbonyl (C=O) groups is 1. The summed E-state index contributed by atoms with van der Waals surface area (Å²) in [7, 11) is -3.63. The molecule has 0 fully saturated rings. The normalized spacial score (nSPS) is 11.9. The topological polar surface area (TPSA) is 87.0 Å². The fourth-order valence-electron chi connectivity index (χ4n) is 0.326. The van der Waals surface area contributed by atoms with E-state index < -0.39 is 7.94 Å². The van der Waals surface area contributed by atoms with Crippen molar-refractivity contribution in [2.45, 2.75) is 20.8 Å². The summed E-state index contributed by atoms with van der Waals surface area (Å²) in [5, 5.41) is 0. The van der Waals surface area contributed by atoms with Gasteiger partial charge in [-0.05, 0) is 13.8 Å². The van der Waals surface area contributed by atoms with E-state index in [9.17, 15) is 4.79 Å². The number of ether oxygens (including phenoxy) is 1. The third-order valence-corrected chi connectivity index (χ3v) is 2.01. The van der Waals surface area contributed by atoms with Crippen LogP contribution in [-0.2, 0) is 9.53 Å².